The monoisotopic (exact) mass is 340 g/mol. The number of hydrogen-bond acceptors (Lipinski definition) is 5. The van der Waals surface area contributed by atoms with Gasteiger partial charge in [-0.15, -0.1) is 0 Å². The normalized spacial score (nSPS) is 16.0. The molecule has 0 saturated carbocycles. The Morgan fingerprint density at radius 3 is 2.74 bits per heavy atom. The number of benzene rings is 1. The van der Waals surface area contributed by atoms with Gasteiger partial charge in [0.1, 0.15) is 11.3 Å². The van der Waals surface area contributed by atoms with Gasteiger partial charge >= 0.3 is 0 Å². The highest BCUT2D eigenvalue weighted by atomic mass is 32.1. The molecule has 1 aromatic carbocycles. The number of piperazine rings is 1. The highest BCUT2D eigenvalue weighted by Crippen LogP contribution is 2.31. The number of halogens is 2. The Morgan fingerprint density at radius 2 is 2.04 bits per heavy atom. The topological polar surface area (TPSA) is 48.5 Å². The first-order valence-electron chi connectivity index (χ1n) is 7.50. The van der Waals surface area contributed by atoms with Gasteiger partial charge in [0.15, 0.2) is 10.9 Å². The summed E-state index contributed by atoms with van der Waals surface area (Å²) in [6, 6.07) is 2.19. The molecular formula is C15H18F2N4OS. The zero-order valence-corrected chi connectivity index (χ0v) is 13.6. The number of nitrogens with zero attached hydrogens (tertiary/aromatic N) is 3. The Kier molecular flexibility index (Phi) is 4.72. The molecule has 1 N–H and O–H groups in total. The molecule has 3 rings (SSSR count). The van der Waals surface area contributed by atoms with Gasteiger partial charge in [-0.3, -0.25) is 9.69 Å². The zero-order valence-electron chi connectivity index (χ0n) is 12.8. The third kappa shape index (κ3) is 3.76. The molecule has 0 atom stereocenters. The number of carbonyl (C=O) groups is 1. The summed E-state index contributed by atoms with van der Waals surface area (Å²) in [4.78, 5) is 19.5. The van der Waals surface area contributed by atoms with Crippen molar-refractivity contribution in [2.75, 3.05) is 44.2 Å². The minimum atomic E-state index is -0.614. The number of amides is 1. The van der Waals surface area contributed by atoms with Gasteiger partial charge in [0.05, 0.1) is 4.70 Å². The summed E-state index contributed by atoms with van der Waals surface area (Å²) in [6.45, 7) is 6.23. The van der Waals surface area contributed by atoms with Crippen molar-refractivity contribution >= 4 is 32.6 Å². The standard InChI is InChI=1S/C15H18F2N4OS/c1-10(22)18-2-3-20-4-6-21(7-5-20)15-19-14-12(17)8-11(16)9-13(14)23-15/h8-9H,2-7H2,1H3,(H,18,22). The lowest BCUT2D eigenvalue weighted by atomic mass is 10.3. The summed E-state index contributed by atoms with van der Waals surface area (Å²) in [5.41, 5.74) is 0.236. The lowest BCUT2D eigenvalue weighted by Gasteiger charge is -2.34. The smallest absolute Gasteiger partial charge is 0.216 e. The average Bonchev–Trinajstić information content (AvgIpc) is 2.92. The van der Waals surface area contributed by atoms with E-state index >= 15 is 0 Å². The molecule has 1 saturated heterocycles. The number of anilines is 1. The van der Waals surface area contributed by atoms with Crippen LogP contribution in [-0.2, 0) is 4.79 Å². The zero-order chi connectivity index (χ0) is 16.4. The predicted octanol–water partition coefficient (Wildman–Crippen LogP) is 1.83. The molecule has 1 aliphatic rings. The molecule has 0 unspecified atom stereocenters. The molecular weight excluding hydrogens is 322 g/mol. The Balaban J connectivity index is 1.61. The van der Waals surface area contributed by atoms with Gasteiger partial charge in [0.25, 0.3) is 0 Å². The summed E-state index contributed by atoms with van der Waals surface area (Å²) < 4.78 is 27.5. The fraction of sp³-hybridized carbons (Fsp3) is 0.467. The number of fused-ring (bicyclic) bond motifs is 1. The molecule has 1 amide bonds. The number of carbonyl (C=O) groups excluding carboxylic acids is 1. The van der Waals surface area contributed by atoms with Gasteiger partial charge in [0.2, 0.25) is 5.91 Å². The molecule has 0 radical (unpaired) electrons. The Bertz CT molecular complexity index is 713. The molecule has 1 aromatic heterocycles. The van der Waals surface area contributed by atoms with Gasteiger partial charge < -0.3 is 10.2 Å². The van der Waals surface area contributed by atoms with Crippen molar-refractivity contribution in [2.24, 2.45) is 0 Å². The molecule has 8 heteroatoms. The summed E-state index contributed by atoms with van der Waals surface area (Å²) in [6.07, 6.45) is 0. The Hall–Kier alpha value is -1.80. The lowest BCUT2D eigenvalue weighted by Crippen LogP contribution is -2.48. The van der Waals surface area contributed by atoms with E-state index < -0.39 is 11.6 Å². The minimum Gasteiger partial charge on any atom is -0.355 e. The van der Waals surface area contributed by atoms with Crippen LogP contribution < -0.4 is 10.2 Å². The molecule has 1 aliphatic heterocycles. The van der Waals surface area contributed by atoms with Gasteiger partial charge in [0, 0.05) is 52.3 Å². The van der Waals surface area contributed by atoms with Crippen molar-refractivity contribution in [1.82, 2.24) is 15.2 Å². The van der Waals surface area contributed by atoms with Crippen molar-refractivity contribution in [1.29, 1.82) is 0 Å². The molecule has 1 fully saturated rings. The van der Waals surface area contributed by atoms with Crippen LogP contribution in [0.15, 0.2) is 12.1 Å². The maximum atomic E-state index is 13.7. The largest absolute Gasteiger partial charge is 0.355 e. The van der Waals surface area contributed by atoms with Gasteiger partial charge in [-0.05, 0) is 6.07 Å². The fourth-order valence-electron chi connectivity index (χ4n) is 2.63. The first-order valence-corrected chi connectivity index (χ1v) is 8.32. The van der Waals surface area contributed by atoms with Crippen LogP contribution >= 0.6 is 11.3 Å². The van der Waals surface area contributed by atoms with E-state index in [0.29, 0.717) is 11.2 Å². The van der Waals surface area contributed by atoms with Crippen molar-refractivity contribution in [3.05, 3.63) is 23.8 Å². The number of thiazole rings is 1. The number of hydrogen-bond donors (Lipinski definition) is 1. The summed E-state index contributed by atoms with van der Waals surface area (Å²) in [5, 5.41) is 3.51. The molecule has 124 valence electrons. The van der Waals surface area contributed by atoms with Crippen LogP contribution in [0.4, 0.5) is 13.9 Å². The van der Waals surface area contributed by atoms with Crippen LogP contribution in [0.2, 0.25) is 0 Å². The van der Waals surface area contributed by atoms with E-state index in [2.05, 4.69) is 20.1 Å². The molecule has 0 bridgehead atoms. The third-order valence-corrected chi connectivity index (χ3v) is 4.91. The van der Waals surface area contributed by atoms with Crippen molar-refractivity contribution in [3.63, 3.8) is 0 Å². The molecule has 23 heavy (non-hydrogen) atoms. The highest BCUT2D eigenvalue weighted by Gasteiger charge is 2.20. The molecule has 0 aliphatic carbocycles. The third-order valence-electron chi connectivity index (χ3n) is 3.85. The SMILES string of the molecule is CC(=O)NCCN1CCN(c2nc3c(F)cc(F)cc3s2)CC1. The number of aromatic nitrogens is 1. The second kappa shape index (κ2) is 6.76. The van der Waals surface area contributed by atoms with Crippen LogP contribution in [0.5, 0.6) is 0 Å². The number of rotatable bonds is 4. The van der Waals surface area contributed by atoms with Crippen LogP contribution in [0.1, 0.15) is 6.92 Å². The van der Waals surface area contributed by atoms with Gasteiger partial charge in [-0.25, -0.2) is 13.8 Å². The summed E-state index contributed by atoms with van der Waals surface area (Å²) in [7, 11) is 0. The van der Waals surface area contributed by atoms with E-state index in [1.165, 1.54) is 24.3 Å². The maximum absolute atomic E-state index is 13.7. The lowest BCUT2D eigenvalue weighted by molar-refractivity contribution is -0.119. The van der Waals surface area contributed by atoms with Gasteiger partial charge in [-0.1, -0.05) is 11.3 Å². The predicted molar refractivity (Wildman–Crippen MR) is 86.9 cm³/mol. The van der Waals surface area contributed by atoms with Crippen LogP contribution in [0.3, 0.4) is 0 Å². The highest BCUT2D eigenvalue weighted by molar-refractivity contribution is 7.22. The quantitative estimate of drug-likeness (QED) is 0.923. The first-order chi connectivity index (χ1) is 11.0. The van der Waals surface area contributed by atoms with E-state index in [1.807, 2.05) is 0 Å². The Morgan fingerprint density at radius 1 is 1.30 bits per heavy atom. The van der Waals surface area contributed by atoms with Gasteiger partial charge in [-0.2, -0.15) is 0 Å². The summed E-state index contributed by atoms with van der Waals surface area (Å²) in [5.74, 6) is -1.21. The van der Waals surface area contributed by atoms with E-state index in [1.54, 1.807) is 0 Å². The second-order valence-electron chi connectivity index (χ2n) is 5.54. The van der Waals surface area contributed by atoms with E-state index in [9.17, 15) is 13.6 Å². The fourth-order valence-corrected chi connectivity index (χ4v) is 3.69. The molecule has 5 nitrogen and oxygen atoms in total. The van der Waals surface area contributed by atoms with Crippen LogP contribution in [0, 0.1) is 11.6 Å². The average molecular weight is 340 g/mol. The van der Waals surface area contributed by atoms with Crippen molar-refractivity contribution in [2.45, 2.75) is 6.92 Å². The maximum Gasteiger partial charge on any atom is 0.216 e. The second-order valence-corrected chi connectivity index (χ2v) is 6.55. The van der Waals surface area contributed by atoms with E-state index in [0.717, 1.165) is 43.9 Å². The van der Waals surface area contributed by atoms with Crippen LogP contribution in [-0.4, -0.2) is 55.1 Å². The van der Waals surface area contributed by atoms with Crippen molar-refractivity contribution in [3.8, 4) is 0 Å². The number of nitrogens with one attached hydrogen (secondary N) is 1. The molecule has 0 spiro atoms. The van der Waals surface area contributed by atoms with E-state index in [4.69, 9.17) is 0 Å². The molecule has 2 aromatic rings. The van der Waals surface area contributed by atoms with E-state index in [-0.39, 0.29) is 11.4 Å². The minimum absolute atomic E-state index is 0.0210. The van der Waals surface area contributed by atoms with Crippen molar-refractivity contribution < 1.29 is 13.6 Å². The Labute approximate surface area is 136 Å². The molecule has 2 heterocycles. The first kappa shape index (κ1) is 16.1. The van der Waals surface area contributed by atoms with Crippen LogP contribution in [0.25, 0.3) is 10.2 Å². The summed E-state index contributed by atoms with van der Waals surface area (Å²) >= 11 is 1.31.